The molecule has 0 aliphatic rings. The monoisotopic (exact) mass is 313 g/mol. The summed E-state index contributed by atoms with van der Waals surface area (Å²) in [7, 11) is 0. The zero-order valence-electron chi connectivity index (χ0n) is 11.4. The van der Waals surface area contributed by atoms with Crippen LogP contribution in [-0.2, 0) is 0 Å². The van der Waals surface area contributed by atoms with E-state index in [1.807, 2.05) is 12.1 Å². The van der Waals surface area contributed by atoms with E-state index < -0.39 is 5.63 Å². The summed E-state index contributed by atoms with van der Waals surface area (Å²) in [5.74, 6) is -0.200. The van der Waals surface area contributed by atoms with E-state index >= 15 is 0 Å². The second kappa shape index (κ2) is 5.95. The van der Waals surface area contributed by atoms with Gasteiger partial charge in [0.1, 0.15) is 16.9 Å². The van der Waals surface area contributed by atoms with Crippen LogP contribution in [0.4, 0.5) is 5.69 Å². The van der Waals surface area contributed by atoms with Crippen LogP contribution in [0.3, 0.4) is 0 Å². The van der Waals surface area contributed by atoms with E-state index in [2.05, 4.69) is 5.32 Å². The molecule has 110 valence electrons. The van der Waals surface area contributed by atoms with E-state index in [1.165, 1.54) is 6.20 Å². The van der Waals surface area contributed by atoms with Crippen molar-refractivity contribution in [3.63, 3.8) is 0 Å². The molecule has 0 radical (unpaired) electrons. The van der Waals surface area contributed by atoms with Crippen LogP contribution in [0.5, 0.6) is 0 Å². The number of benzene rings is 2. The van der Waals surface area contributed by atoms with Gasteiger partial charge < -0.3 is 14.8 Å². The Morgan fingerprint density at radius 2 is 1.86 bits per heavy atom. The molecule has 0 aliphatic heterocycles. The molecule has 0 bridgehead atoms. The zero-order chi connectivity index (χ0) is 15.5. The Hall–Kier alpha value is -2.72. The Morgan fingerprint density at radius 3 is 2.64 bits per heavy atom. The molecule has 3 rings (SSSR count). The molecule has 0 aliphatic carbocycles. The maximum atomic E-state index is 11.9. The van der Waals surface area contributed by atoms with Crippen molar-refractivity contribution >= 4 is 34.0 Å². The molecular formula is C17H12ClNO3. The molecule has 3 aromatic rings. The summed E-state index contributed by atoms with van der Waals surface area (Å²) in [6, 6.07) is 15.7. The van der Waals surface area contributed by atoms with Crippen LogP contribution in [0.1, 0.15) is 5.56 Å². The predicted molar refractivity (Wildman–Crippen MR) is 88.2 cm³/mol. The normalized spacial score (nSPS) is 11.6. The summed E-state index contributed by atoms with van der Waals surface area (Å²) >= 11 is 5.80. The third kappa shape index (κ3) is 2.97. The maximum absolute atomic E-state index is 11.9. The second-order valence-corrected chi connectivity index (χ2v) is 5.10. The van der Waals surface area contributed by atoms with Gasteiger partial charge in [0.25, 0.3) is 0 Å². The minimum atomic E-state index is -0.592. The fraction of sp³-hybridized carbons (Fsp3) is 0. The zero-order valence-corrected chi connectivity index (χ0v) is 12.2. The maximum Gasteiger partial charge on any atom is 0.347 e. The molecule has 0 saturated carbocycles. The number of aliphatic hydroxyl groups excluding tert-OH is 1. The lowest BCUT2D eigenvalue weighted by Crippen LogP contribution is -2.07. The highest BCUT2D eigenvalue weighted by Crippen LogP contribution is 2.17. The average Bonchev–Trinajstić information content (AvgIpc) is 2.53. The fourth-order valence-corrected chi connectivity index (χ4v) is 2.14. The molecule has 4 nitrogen and oxygen atoms in total. The Morgan fingerprint density at radius 1 is 1.14 bits per heavy atom. The largest absolute Gasteiger partial charge is 0.506 e. The van der Waals surface area contributed by atoms with Crippen LogP contribution in [-0.4, -0.2) is 5.11 Å². The first-order valence-corrected chi connectivity index (χ1v) is 6.96. The molecule has 0 atom stereocenters. The van der Waals surface area contributed by atoms with Gasteiger partial charge in [0.15, 0.2) is 0 Å². The van der Waals surface area contributed by atoms with Crippen molar-refractivity contribution in [1.82, 2.24) is 0 Å². The first kappa shape index (κ1) is 14.2. The van der Waals surface area contributed by atoms with Gasteiger partial charge in [-0.3, -0.25) is 0 Å². The highest BCUT2D eigenvalue weighted by atomic mass is 35.5. The lowest BCUT2D eigenvalue weighted by atomic mass is 10.1. The van der Waals surface area contributed by atoms with Crippen LogP contribution in [0, 0.1) is 0 Å². The molecule has 0 unspecified atom stereocenters. The van der Waals surface area contributed by atoms with Gasteiger partial charge in [-0.25, -0.2) is 4.79 Å². The summed E-state index contributed by atoms with van der Waals surface area (Å²) in [6.07, 6.45) is 1.34. The van der Waals surface area contributed by atoms with Gasteiger partial charge >= 0.3 is 5.63 Å². The van der Waals surface area contributed by atoms with E-state index in [1.54, 1.807) is 42.5 Å². The summed E-state index contributed by atoms with van der Waals surface area (Å²) in [4.78, 5) is 11.9. The SMILES string of the molecule is O=c1oc2ccccc2cc1/C(O)=C/Nc1ccc(Cl)cc1. The van der Waals surface area contributed by atoms with Crippen LogP contribution in [0.2, 0.25) is 5.02 Å². The highest BCUT2D eigenvalue weighted by molar-refractivity contribution is 6.30. The number of rotatable bonds is 3. The molecular weight excluding hydrogens is 302 g/mol. The van der Waals surface area contributed by atoms with E-state index in [9.17, 15) is 9.90 Å². The molecule has 0 spiro atoms. The number of nitrogens with one attached hydrogen (secondary N) is 1. The van der Waals surface area contributed by atoms with E-state index in [0.29, 0.717) is 10.6 Å². The van der Waals surface area contributed by atoms with Crippen molar-refractivity contribution in [3.05, 3.63) is 81.8 Å². The first-order valence-electron chi connectivity index (χ1n) is 6.58. The third-order valence-corrected chi connectivity index (χ3v) is 3.39. The summed E-state index contributed by atoms with van der Waals surface area (Å²) in [5, 5.41) is 14.3. The van der Waals surface area contributed by atoms with E-state index in [4.69, 9.17) is 16.0 Å². The number of halogens is 1. The number of fused-ring (bicyclic) bond motifs is 1. The lowest BCUT2D eigenvalue weighted by Gasteiger charge is -2.04. The Labute approximate surface area is 131 Å². The van der Waals surface area contributed by atoms with Gasteiger partial charge in [0.2, 0.25) is 0 Å². The molecule has 1 heterocycles. The van der Waals surface area contributed by atoms with Crippen LogP contribution >= 0.6 is 11.6 Å². The molecule has 22 heavy (non-hydrogen) atoms. The molecule has 2 aromatic carbocycles. The van der Waals surface area contributed by atoms with Gasteiger partial charge in [0.05, 0.1) is 0 Å². The molecule has 1 aromatic heterocycles. The van der Waals surface area contributed by atoms with Crippen molar-refractivity contribution in [2.45, 2.75) is 0 Å². The Bertz CT molecular complexity index is 898. The number of hydrogen-bond donors (Lipinski definition) is 2. The standard InChI is InChI=1S/C17H12ClNO3/c18-12-5-7-13(8-6-12)19-10-15(20)14-9-11-3-1-2-4-16(11)22-17(14)21/h1-10,19-20H/b15-10-. The van der Waals surface area contributed by atoms with Crippen molar-refractivity contribution in [2.75, 3.05) is 5.32 Å². The number of aliphatic hydroxyl groups is 1. The topological polar surface area (TPSA) is 62.5 Å². The molecule has 0 fully saturated rings. The molecule has 0 amide bonds. The Kier molecular flexibility index (Phi) is 3.85. The quantitative estimate of drug-likeness (QED) is 0.555. The second-order valence-electron chi connectivity index (χ2n) is 4.67. The van der Waals surface area contributed by atoms with Crippen molar-refractivity contribution in [2.24, 2.45) is 0 Å². The predicted octanol–water partition coefficient (Wildman–Crippen LogP) is 4.41. The van der Waals surface area contributed by atoms with Gasteiger partial charge in [-0.1, -0.05) is 29.8 Å². The highest BCUT2D eigenvalue weighted by Gasteiger charge is 2.08. The minimum Gasteiger partial charge on any atom is -0.506 e. The van der Waals surface area contributed by atoms with Crippen molar-refractivity contribution < 1.29 is 9.52 Å². The summed E-state index contributed by atoms with van der Waals surface area (Å²) < 4.78 is 5.18. The van der Waals surface area contributed by atoms with Gasteiger partial charge in [-0.05, 0) is 36.4 Å². The van der Waals surface area contributed by atoms with Gasteiger partial charge in [-0.15, -0.1) is 0 Å². The third-order valence-electron chi connectivity index (χ3n) is 3.14. The van der Waals surface area contributed by atoms with Crippen molar-refractivity contribution in [3.8, 4) is 0 Å². The van der Waals surface area contributed by atoms with Gasteiger partial charge in [-0.2, -0.15) is 0 Å². The molecule has 5 heteroatoms. The van der Waals surface area contributed by atoms with Crippen molar-refractivity contribution in [1.29, 1.82) is 0 Å². The minimum absolute atomic E-state index is 0.0974. The van der Waals surface area contributed by atoms with E-state index in [-0.39, 0.29) is 11.3 Å². The average molecular weight is 314 g/mol. The molecule has 0 saturated heterocycles. The first-order chi connectivity index (χ1) is 10.6. The van der Waals surface area contributed by atoms with Gasteiger partial charge in [0, 0.05) is 22.3 Å². The smallest absolute Gasteiger partial charge is 0.347 e. The number of para-hydroxylation sites is 1. The Balaban J connectivity index is 1.92. The van der Waals surface area contributed by atoms with Crippen LogP contribution in [0.25, 0.3) is 16.7 Å². The molecule has 2 N–H and O–H groups in total. The summed E-state index contributed by atoms with van der Waals surface area (Å²) in [6.45, 7) is 0. The summed E-state index contributed by atoms with van der Waals surface area (Å²) in [5.41, 5.74) is 0.723. The number of anilines is 1. The van der Waals surface area contributed by atoms with Crippen LogP contribution < -0.4 is 10.9 Å². The lowest BCUT2D eigenvalue weighted by molar-refractivity contribution is 0.497. The fourth-order valence-electron chi connectivity index (χ4n) is 2.02. The van der Waals surface area contributed by atoms with Crippen LogP contribution in [0.15, 0.2) is 70.0 Å². The number of hydrogen-bond acceptors (Lipinski definition) is 4. The van der Waals surface area contributed by atoms with E-state index in [0.717, 1.165) is 11.1 Å².